The maximum atomic E-state index is 12.6. The number of ether oxygens (including phenoxy) is 1. The summed E-state index contributed by atoms with van der Waals surface area (Å²) in [5, 5.41) is 13.1. The van der Waals surface area contributed by atoms with Crippen molar-refractivity contribution in [2.45, 2.75) is 32.6 Å². The van der Waals surface area contributed by atoms with Gasteiger partial charge >= 0.3 is 29.6 Å². The number of amides is 1. The van der Waals surface area contributed by atoms with Crippen molar-refractivity contribution in [1.29, 1.82) is 0 Å². The number of thioether (sulfide) groups is 1. The number of amidine groups is 1. The van der Waals surface area contributed by atoms with E-state index in [0.29, 0.717) is 16.0 Å². The number of fused-ring (bicyclic) bond motifs is 1. The molecule has 0 atom stereocenters. The van der Waals surface area contributed by atoms with Crippen LogP contribution in [-0.4, -0.2) is 28.8 Å². The summed E-state index contributed by atoms with van der Waals surface area (Å²) in [4.78, 5) is 26.7. The molecule has 2 fully saturated rings. The Kier molecular flexibility index (Phi) is 10.6. The molecular weight excluding hydrogens is 483 g/mol. The third kappa shape index (κ3) is 7.96. The first-order valence-electron chi connectivity index (χ1n) is 11.6. The Hall–Kier alpha value is -2.58. The number of aliphatic imine (C=N–C) groups is 1. The van der Waals surface area contributed by atoms with Crippen LogP contribution in [-0.2, 0) is 9.59 Å². The van der Waals surface area contributed by atoms with Crippen molar-refractivity contribution in [2.24, 2.45) is 10.9 Å². The van der Waals surface area contributed by atoms with Gasteiger partial charge in [0.25, 0.3) is 11.9 Å². The number of hydrogen-bond donors (Lipinski definition) is 2. The van der Waals surface area contributed by atoms with Gasteiger partial charge < -0.3 is 15.2 Å². The van der Waals surface area contributed by atoms with Gasteiger partial charge in [-0.3, -0.25) is 14.6 Å². The van der Waals surface area contributed by atoms with Crippen molar-refractivity contribution < 1.29 is 49.0 Å². The van der Waals surface area contributed by atoms with Crippen LogP contribution in [0.25, 0.3) is 16.8 Å². The summed E-state index contributed by atoms with van der Waals surface area (Å²) >= 11 is 1.35. The van der Waals surface area contributed by atoms with Crippen molar-refractivity contribution >= 4 is 51.3 Å². The fourth-order valence-corrected chi connectivity index (χ4v) is 4.88. The van der Waals surface area contributed by atoms with E-state index in [9.17, 15) is 4.79 Å². The third-order valence-electron chi connectivity index (χ3n) is 5.70. The minimum atomic E-state index is -0.833. The van der Waals surface area contributed by atoms with Crippen LogP contribution in [0.5, 0.6) is 5.75 Å². The van der Waals surface area contributed by atoms with E-state index in [4.69, 9.17) is 14.6 Å². The van der Waals surface area contributed by atoms with E-state index in [1.54, 1.807) is 12.1 Å². The standard InChI is InChI=1S/C26H23N2O2S.C2H4O2.Na/c29-25-24(31-26(28-25)27-22-12-2-1-3-13-22)16-21-14-19-10-6-7-11-20(19)15-23(21)30-17-18-8-4-5-9-18;1-2(3)4;/h2-3,6-7,10-16,18H,4-5,8-9,17H2,(H,27,28,29);1H3,(H,3,4);/q-1;;+1/b24-16+;;. The van der Waals surface area contributed by atoms with Gasteiger partial charge in [-0.05, 0) is 65.2 Å². The summed E-state index contributed by atoms with van der Waals surface area (Å²) in [5.41, 5.74) is 1.71. The normalized spacial score (nSPS) is 17.4. The van der Waals surface area contributed by atoms with E-state index in [1.807, 2.05) is 30.3 Å². The molecule has 0 aromatic heterocycles. The molecule has 1 saturated heterocycles. The summed E-state index contributed by atoms with van der Waals surface area (Å²) in [7, 11) is 0. The van der Waals surface area contributed by atoms with Crippen LogP contribution in [0.1, 0.15) is 38.2 Å². The number of carbonyl (C=O) groups is 2. The van der Waals surface area contributed by atoms with Gasteiger partial charge in [0.2, 0.25) is 0 Å². The Morgan fingerprint density at radius 2 is 1.81 bits per heavy atom. The molecule has 1 saturated carbocycles. The van der Waals surface area contributed by atoms with E-state index >= 15 is 0 Å². The van der Waals surface area contributed by atoms with E-state index in [1.165, 1.54) is 37.4 Å². The van der Waals surface area contributed by atoms with Crippen molar-refractivity contribution in [3.8, 4) is 5.75 Å². The van der Waals surface area contributed by atoms with E-state index < -0.39 is 5.97 Å². The molecule has 0 unspecified atom stereocenters. The SMILES string of the molecule is CC(=O)O.O=C1NC(=Nc2cc[c-]cc2)S/C1=C/c1cc2ccccc2cc1OCC1CCCC1.[Na+]. The molecule has 8 heteroatoms. The van der Waals surface area contributed by atoms with Gasteiger partial charge in [-0.15, -0.1) is 12.1 Å². The number of carboxylic acid groups (broad SMARTS) is 1. The van der Waals surface area contributed by atoms with Crippen LogP contribution >= 0.6 is 11.8 Å². The summed E-state index contributed by atoms with van der Waals surface area (Å²) < 4.78 is 6.28. The van der Waals surface area contributed by atoms with Gasteiger partial charge in [0.15, 0.2) is 5.17 Å². The maximum absolute atomic E-state index is 12.6. The second-order valence-corrected chi connectivity index (χ2v) is 9.49. The molecule has 1 aliphatic heterocycles. The third-order valence-corrected chi connectivity index (χ3v) is 6.61. The fourth-order valence-electron chi connectivity index (χ4n) is 4.05. The Morgan fingerprint density at radius 1 is 1.17 bits per heavy atom. The summed E-state index contributed by atoms with van der Waals surface area (Å²) in [6, 6.07) is 22.7. The number of aliphatic carboxylic acids is 1. The minimum absolute atomic E-state index is 0. The number of benzene rings is 3. The monoisotopic (exact) mass is 510 g/mol. The van der Waals surface area contributed by atoms with Crippen LogP contribution in [0.15, 0.2) is 70.6 Å². The fraction of sp³-hybridized carbons (Fsp3) is 0.250. The van der Waals surface area contributed by atoms with Crippen molar-refractivity contribution in [3.05, 3.63) is 77.2 Å². The Bertz CT molecular complexity index is 1270. The van der Waals surface area contributed by atoms with Crippen molar-refractivity contribution in [1.82, 2.24) is 5.32 Å². The van der Waals surface area contributed by atoms with E-state index in [0.717, 1.165) is 41.3 Å². The predicted molar refractivity (Wildman–Crippen MR) is 141 cm³/mol. The molecule has 36 heavy (non-hydrogen) atoms. The molecule has 5 rings (SSSR count). The molecular formula is C28H27N2NaO4S. The zero-order valence-electron chi connectivity index (χ0n) is 20.5. The second kappa shape index (κ2) is 13.7. The quantitative estimate of drug-likeness (QED) is 0.313. The van der Waals surface area contributed by atoms with Gasteiger partial charge in [-0.2, -0.15) is 18.2 Å². The van der Waals surface area contributed by atoms with Crippen LogP contribution in [0.2, 0.25) is 0 Å². The molecule has 180 valence electrons. The molecule has 0 spiro atoms. The van der Waals surface area contributed by atoms with Gasteiger partial charge in [-0.1, -0.05) is 37.1 Å². The number of nitrogens with zero attached hydrogens (tertiary/aromatic N) is 1. The number of carboxylic acids is 1. The number of hydrogen-bond acceptors (Lipinski definition) is 5. The zero-order chi connectivity index (χ0) is 24.6. The molecule has 6 nitrogen and oxygen atoms in total. The van der Waals surface area contributed by atoms with Gasteiger partial charge in [0.1, 0.15) is 5.75 Å². The summed E-state index contributed by atoms with van der Waals surface area (Å²) in [5.74, 6) is 0.481. The van der Waals surface area contributed by atoms with Crippen LogP contribution < -0.4 is 39.6 Å². The average molecular weight is 511 g/mol. The Labute approximate surface area is 237 Å². The minimum Gasteiger partial charge on any atom is -0.493 e. The van der Waals surface area contributed by atoms with Crippen molar-refractivity contribution in [2.75, 3.05) is 6.61 Å². The first kappa shape index (κ1) is 28.0. The summed E-state index contributed by atoms with van der Waals surface area (Å²) in [6.45, 7) is 1.81. The van der Waals surface area contributed by atoms with Crippen LogP contribution in [0.4, 0.5) is 5.69 Å². The van der Waals surface area contributed by atoms with Gasteiger partial charge in [-0.25, -0.2) is 0 Å². The Morgan fingerprint density at radius 3 is 2.47 bits per heavy atom. The first-order valence-corrected chi connectivity index (χ1v) is 12.4. The largest absolute Gasteiger partial charge is 1.00 e. The second-order valence-electron chi connectivity index (χ2n) is 8.46. The van der Waals surface area contributed by atoms with Gasteiger partial charge in [0.05, 0.1) is 11.5 Å². The van der Waals surface area contributed by atoms with Crippen molar-refractivity contribution in [3.63, 3.8) is 0 Å². The van der Waals surface area contributed by atoms with E-state index in [-0.39, 0.29) is 35.5 Å². The molecule has 2 N–H and O–H groups in total. The zero-order valence-corrected chi connectivity index (χ0v) is 23.3. The predicted octanol–water partition coefficient (Wildman–Crippen LogP) is 3.20. The molecule has 3 aromatic rings. The first-order chi connectivity index (χ1) is 17.0. The molecule has 3 aromatic carbocycles. The van der Waals surface area contributed by atoms with Gasteiger partial charge in [0, 0.05) is 12.5 Å². The molecule has 0 radical (unpaired) electrons. The smallest absolute Gasteiger partial charge is 0.493 e. The number of nitrogens with one attached hydrogen (secondary N) is 1. The molecule has 1 amide bonds. The number of rotatable bonds is 5. The maximum Gasteiger partial charge on any atom is 1.00 e. The van der Waals surface area contributed by atoms with E-state index in [2.05, 4.69) is 40.6 Å². The average Bonchev–Trinajstić information content (AvgIpc) is 3.47. The Balaban J connectivity index is 0.000000674. The summed E-state index contributed by atoms with van der Waals surface area (Å²) in [6.07, 6.45) is 6.97. The molecule has 1 aliphatic carbocycles. The molecule has 1 heterocycles. The molecule has 2 aliphatic rings. The molecule has 0 bridgehead atoms. The van der Waals surface area contributed by atoms with Crippen LogP contribution in [0.3, 0.4) is 0 Å². The number of carbonyl (C=O) groups excluding carboxylic acids is 1. The topological polar surface area (TPSA) is 88.0 Å². The van der Waals surface area contributed by atoms with Crippen LogP contribution in [0, 0.1) is 12.0 Å².